The Morgan fingerprint density at radius 3 is 2.60 bits per heavy atom. The average molecular weight is 283 g/mol. The molecule has 0 aromatic rings. The van der Waals surface area contributed by atoms with Gasteiger partial charge in [-0.05, 0) is 25.7 Å². The molecular weight excluding hydrogens is 262 g/mol. The molecule has 1 heterocycles. The van der Waals surface area contributed by atoms with Crippen LogP contribution in [0.15, 0.2) is 0 Å². The van der Waals surface area contributed by atoms with Crippen LogP contribution in [0.25, 0.3) is 0 Å². The second kappa shape index (κ2) is 6.58. The van der Waals surface area contributed by atoms with Crippen LogP contribution in [0.2, 0.25) is 0 Å². The van der Waals surface area contributed by atoms with Crippen LogP contribution in [0.3, 0.4) is 0 Å². The smallest absolute Gasteiger partial charge is 0.317 e. The molecule has 1 saturated heterocycles. The van der Waals surface area contributed by atoms with Crippen molar-refractivity contribution in [3.8, 4) is 0 Å². The number of urea groups is 1. The molecule has 1 unspecified atom stereocenters. The van der Waals surface area contributed by atoms with Gasteiger partial charge in [0.25, 0.3) is 0 Å². The molecule has 0 radical (unpaired) electrons. The van der Waals surface area contributed by atoms with Crippen LogP contribution in [0.4, 0.5) is 4.79 Å². The van der Waals surface area contributed by atoms with E-state index in [0.717, 1.165) is 25.7 Å². The minimum Gasteiger partial charge on any atom is -0.481 e. The molecule has 3 N–H and O–H groups in total. The maximum absolute atomic E-state index is 11.9. The summed E-state index contributed by atoms with van der Waals surface area (Å²) in [6.45, 7) is 0.867. The second-order valence-corrected chi connectivity index (χ2v) is 5.41. The molecule has 2 rings (SSSR count). The number of hydrogen-bond acceptors (Lipinski definition) is 3. The van der Waals surface area contributed by atoms with Crippen molar-refractivity contribution in [2.45, 2.75) is 50.6 Å². The van der Waals surface area contributed by atoms with Crippen molar-refractivity contribution in [3.63, 3.8) is 0 Å². The predicted molar refractivity (Wildman–Crippen MR) is 71.2 cm³/mol. The zero-order chi connectivity index (χ0) is 14.5. The number of carbonyl (C=O) groups excluding carboxylic acids is 2. The summed E-state index contributed by atoms with van der Waals surface area (Å²) < 4.78 is 0. The number of carboxylic acid groups (broad SMARTS) is 1. The van der Waals surface area contributed by atoms with E-state index < -0.39 is 5.97 Å². The summed E-state index contributed by atoms with van der Waals surface area (Å²) in [6, 6.07) is -0.169. The first kappa shape index (κ1) is 14.6. The molecule has 2 aliphatic rings. The van der Waals surface area contributed by atoms with Gasteiger partial charge < -0.3 is 20.6 Å². The summed E-state index contributed by atoms with van der Waals surface area (Å²) in [4.78, 5) is 35.7. The van der Waals surface area contributed by atoms with E-state index in [9.17, 15) is 14.4 Å². The zero-order valence-electron chi connectivity index (χ0n) is 11.4. The molecule has 3 amide bonds. The fourth-order valence-corrected chi connectivity index (χ4v) is 2.43. The van der Waals surface area contributed by atoms with Gasteiger partial charge in [-0.1, -0.05) is 0 Å². The fourth-order valence-electron chi connectivity index (χ4n) is 2.43. The van der Waals surface area contributed by atoms with E-state index >= 15 is 0 Å². The lowest BCUT2D eigenvalue weighted by Crippen LogP contribution is -2.44. The number of nitrogens with zero attached hydrogens (tertiary/aromatic N) is 1. The van der Waals surface area contributed by atoms with Gasteiger partial charge in [0.15, 0.2) is 0 Å². The maximum Gasteiger partial charge on any atom is 0.317 e. The van der Waals surface area contributed by atoms with Crippen molar-refractivity contribution in [1.82, 2.24) is 15.5 Å². The van der Waals surface area contributed by atoms with Gasteiger partial charge in [0.1, 0.15) is 0 Å². The van der Waals surface area contributed by atoms with Gasteiger partial charge in [0.2, 0.25) is 5.91 Å². The number of rotatable bonds is 6. The largest absolute Gasteiger partial charge is 0.481 e. The summed E-state index contributed by atoms with van der Waals surface area (Å²) >= 11 is 0. The SMILES string of the molecule is O=C(O)CC1CCCN1C(=O)NCCC(=O)NC1CC1. The highest BCUT2D eigenvalue weighted by molar-refractivity contribution is 5.79. The van der Waals surface area contributed by atoms with Crippen molar-refractivity contribution in [2.75, 3.05) is 13.1 Å². The molecule has 0 bridgehead atoms. The molecule has 20 heavy (non-hydrogen) atoms. The number of carbonyl (C=O) groups is 3. The Kier molecular flexibility index (Phi) is 4.81. The predicted octanol–water partition coefficient (Wildman–Crippen LogP) is 0.304. The molecule has 1 aliphatic carbocycles. The maximum atomic E-state index is 11.9. The number of carboxylic acids is 1. The molecule has 1 saturated carbocycles. The van der Waals surface area contributed by atoms with E-state index in [-0.39, 0.29) is 37.4 Å². The molecule has 0 aromatic carbocycles. The highest BCUT2D eigenvalue weighted by atomic mass is 16.4. The van der Waals surface area contributed by atoms with E-state index in [1.165, 1.54) is 0 Å². The Morgan fingerprint density at radius 1 is 1.20 bits per heavy atom. The van der Waals surface area contributed by atoms with Gasteiger partial charge in [0.05, 0.1) is 6.42 Å². The Balaban J connectivity index is 1.67. The molecule has 7 heteroatoms. The standard InChI is InChI=1S/C13H21N3O4/c17-11(15-9-3-4-9)5-6-14-13(20)16-7-1-2-10(16)8-12(18)19/h9-10H,1-8H2,(H,14,20)(H,15,17)(H,18,19). The van der Waals surface area contributed by atoms with E-state index in [4.69, 9.17) is 5.11 Å². The summed E-state index contributed by atoms with van der Waals surface area (Å²) in [5.74, 6) is -0.935. The Bertz CT molecular complexity index is 395. The van der Waals surface area contributed by atoms with Crippen molar-refractivity contribution in [3.05, 3.63) is 0 Å². The normalized spacial score (nSPS) is 21.6. The quantitative estimate of drug-likeness (QED) is 0.653. The third-order valence-electron chi connectivity index (χ3n) is 3.62. The van der Waals surface area contributed by atoms with E-state index in [2.05, 4.69) is 10.6 Å². The van der Waals surface area contributed by atoms with Crippen LogP contribution in [0.5, 0.6) is 0 Å². The second-order valence-electron chi connectivity index (χ2n) is 5.41. The van der Waals surface area contributed by atoms with Crippen LogP contribution < -0.4 is 10.6 Å². The first-order chi connectivity index (χ1) is 9.56. The summed E-state index contributed by atoms with van der Waals surface area (Å²) in [5, 5.41) is 14.3. The highest BCUT2D eigenvalue weighted by Gasteiger charge is 2.30. The zero-order valence-corrected chi connectivity index (χ0v) is 11.4. The molecule has 2 fully saturated rings. The van der Waals surface area contributed by atoms with Crippen molar-refractivity contribution < 1.29 is 19.5 Å². The van der Waals surface area contributed by atoms with Gasteiger partial charge in [-0.15, -0.1) is 0 Å². The topological polar surface area (TPSA) is 98.7 Å². The van der Waals surface area contributed by atoms with E-state index in [1.54, 1.807) is 4.90 Å². The summed E-state index contributed by atoms with van der Waals surface area (Å²) in [6.07, 6.45) is 3.89. The van der Waals surface area contributed by atoms with Crippen molar-refractivity contribution in [2.24, 2.45) is 0 Å². The van der Waals surface area contributed by atoms with Crippen LogP contribution >= 0.6 is 0 Å². The Hall–Kier alpha value is -1.79. The van der Waals surface area contributed by atoms with Gasteiger partial charge in [-0.25, -0.2) is 4.79 Å². The van der Waals surface area contributed by atoms with Crippen LogP contribution in [0.1, 0.15) is 38.5 Å². The van der Waals surface area contributed by atoms with Gasteiger partial charge in [0, 0.05) is 31.6 Å². The molecular formula is C13H21N3O4. The van der Waals surface area contributed by atoms with Crippen molar-refractivity contribution >= 4 is 17.9 Å². The molecule has 7 nitrogen and oxygen atoms in total. The lowest BCUT2D eigenvalue weighted by Gasteiger charge is -2.23. The van der Waals surface area contributed by atoms with Crippen molar-refractivity contribution in [1.29, 1.82) is 0 Å². The lowest BCUT2D eigenvalue weighted by molar-refractivity contribution is -0.138. The van der Waals surface area contributed by atoms with E-state index in [1.807, 2.05) is 0 Å². The van der Waals surface area contributed by atoms with Crippen LogP contribution in [-0.2, 0) is 9.59 Å². The molecule has 1 aliphatic heterocycles. The Labute approximate surface area is 117 Å². The third kappa shape index (κ3) is 4.40. The monoisotopic (exact) mass is 283 g/mol. The fraction of sp³-hybridized carbons (Fsp3) is 0.769. The number of amides is 3. The first-order valence-corrected chi connectivity index (χ1v) is 7.12. The van der Waals surface area contributed by atoms with Gasteiger partial charge >= 0.3 is 12.0 Å². The third-order valence-corrected chi connectivity index (χ3v) is 3.62. The first-order valence-electron chi connectivity index (χ1n) is 7.12. The molecule has 1 atom stereocenters. The Morgan fingerprint density at radius 2 is 1.95 bits per heavy atom. The minimum absolute atomic E-state index is 0.0183. The number of aliphatic carboxylic acids is 1. The lowest BCUT2D eigenvalue weighted by atomic mass is 10.1. The average Bonchev–Trinajstić information content (AvgIpc) is 3.05. The highest BCUT2D eigenvalue weighted by Crippen LogP contribution is 2.20. The molecule has 0 spiro atoms. The minimum atomic E-state index is -0.890. The van der Waals surface area contributed by atoms with Gasteiger partial charge in [-0.3, -0.25) is 9.59 Å². The number of hydrogen-bond donors (Lipinski definition) is 3. The summed E-state index contributed by atoms with van der Waals surface area (Å²) in [5.41, 5.74) is 0. The molecule has 112 valence electrons. The van der Waals surface area contributed by atoms with Crippen LogP contribution in [-0.4, -0.2) is 53.1 Å². The molecule has 0 aromatic heterocycles. The van der Waals surface area contributed by atoms with Gasteiger partial charge in [-0.2, -0.15) is 0 Å². The number of likely N-dealkylation sites (tertiary alicyclic amines) is 1. The number of nitrogens with one attached hydrogen (secondary N) is 2. The van der Waals surface area contributed by atoms with Crippen LogP contribution in [0, 0.1) is 0 Å². The van der Waals surface area contributed by atoms with E-state index in [0.29, 0.717) is 12.6 Å². The summed E-state index contributed by atoms with van der Waals surface area (Å²) in [7, 11) is 0.